The predicted octanol–water partition coefficient (Wildman–Crippen LogP) is -2.13. The minimum absolute atomic E-state index is 0.0423. The lowest BCUT2D eigenvalue weighted by Crippen LogP contribution is -2.38. The van der Waals surface area contributed by atoms with E-state index >= 15 is 0 Å². The van der Waals surface area contributed by atoms with Crippen molar-refractivity contribution in [2.45, 2.75) is 17.7 Å². The summed E-state index contributed by atoms with van der Waals surface area (Å²) in [5, 5.41) is 2.58. The minimum atomic E-state index is -4.03. The number of carbonyl (C=O) groups is 1. The van der Waals surface area contributed by atoms with Gasteiger partial charge >= 0.3 is 5.69 Å². The Hall–Kier alpha value is -1.94. The molecule has 0 saturated heterocycles. The maximum atomic E-state index is 11.8. The third kappa shape index (κ3) is 3.54. The molecule has 1 aliphatic rings. The van der Waals surface area contributed by atoms with E-state index in [0.717, 1.165) is 19.0 Å². The number of aromatic amines is 2. The van der Waals surface area contributed by atoms with E-state index in [1.54, 1.807) is 0 Å². The van der Waals surface area contributed by atoms with Crippen LogP contribution in [0.3, 0.4) is 0 Å². The van der Waals surface area contributed by atoms with E-state index in [9.17, 15) is 22.8 Å². The molecule has 1 aromatic rings. The van der Waals surface area contributed by atoms with Crippen LogP contribution >= 0.6 is 0 Å². The van der Waals surface area contributed by atoms with Crippen LogP contribution in [0, 0.1) is 5.92 Å². The van der Waals surface area contributed by atoms with Gasteiger partial charge in [0.1, 0.15) is 0 Å². The topological polar surface area (TPSA) is 141 Å². The number of hydrogen-bond donors (Lipinski definition) is 4. The fraction of sp³-hybridized carbons (Fsp3) is 0.500. The van der Waals surface area contributed by atoms with Crippen molar-refractivity contribution in [3.63, 3.8) is 0 Å². The molecule has 0 aliphatic heterocycles. The van der Waals surface area contributed by atoms with E-state index in [1.165, 1.54) is 0 Å². The van der Waals surface area contributed by atoms with E-state index in [1.807, 2.05) is 4.98 Å². The molecular weight excluding hydrogens is 288 g/mol. The molecule has 0 radical (unpaired) electrons. The third-order valence-electron chi connectivity index (χ3n) is 2.74. The molecule has 0 unspecified atom stereocenters. The van der Waals surface area contributed by atoms with Gasteiger partial charge in [0.25, 0.3) is 5.56 Å². The van der Waals surface area contributed by atoms with Crippen molar-refractivity contribution in [2.75, 3.05) is 13.1 Å². The van der Waals surface area contributed by atoms with E-state index < -0.39 is 26.2 Å². The van der Waals surface area contributed by atoms with Gasteiger partial charge in [0.2, 0.25) is 15.9 Å². The summed E-state index contributed by atoms with van der Waals surface area (Å²) in [6.07, 6.45) is 2.56. The van der Waals surface area contributed by atoms with Crippen LogP contribution < -0.4 is 21.3 Å². The highest BCUT2D eigenvalue weighted by atomic mass is 32.2. The van der Waals surface area contributed by atoms with Gasteiger partial charge in [-0.3, -0.25) is 14.6 Å². The van der Waals surface area contributed by atoms with Crippen molar-refractivity contribution in [1.82, 2.24) is 20.0 Å². The molecule has 1 fully saturated rings. The number of aromatic nitrogens is 2. The lowest BCUT2D eigenvalue weighted by atomic mass is 10.4. The highest BCUT2D eigenvalue weighted by molar-refractivity contribution is 7.89. The highest BCUT2D eigenvalue weighted by Gasteiger charge is 2.29. The smallest absolute Gasteiger partial charge is 0.325 e. The first-order valence-electron chi connectivity index (χ1n) is 5.99. The Morgan fingerprint density at radius 2 is 2.00 bits per heavy atom. The van der Waals surface area contributed by atoms with Crippen LogP contribution in [0.4, 0.5) is 0 Å². The number of rotatable bonds is 6. The average molecular weight is 302 g/mol. The lowest BCUT2D eigenvalue weighted by molar-refractivity contribution is -0.122. The monoisotopic (exact) mass is 302 g/mol. The molecule has 9 nitrogen and oxygen atoms in total. The quantitative estimate of drug-likeness (QED) is 0.444. The maximum Gasteiger partial charge on any atom is 0.325 e. The summed E-state index contributed by atoms with van der Waals surface area (Å²) in [6.45, 7) is 0.0924. The van der Waals surface area contributed by atoms with Gasteiger partial charge in [-0.15, -0.1) is 0 Å². The maximum absolute atomic E-state index is 11.8. The van der Waals surface area contributed by atoms with E-state index in [0.29, 0.717) is 0 Å². The molecule has 1 amide bonds. The summed E-state index contributed by atoms with van der Waals surface area (Å²) >= 11 is 0. The number of hydrogen-bond acceptors (Lipinski definition) is 5. The van der Waals surface area contributed by atoms with E-state index in [2.05, 4.69) is 15.0 Å². The van der Waals surface area contributed by atoms with Gasteiger partial charge in [-0.2, -0.15) is 0 Å². The molecule has 0 spiro atoms. The highest BCUT2D eigenvalue weighted by Crippen LogP contribution is 2.28. The fourth-order valence-electron chi connectivity index (χ4n) is 1.54. The SMILES string of the molecule is O=C(NCCNS(=O)(=O)c1c[nH]c(=O)[nH]c1=O)C1CC1. The molecule has 1 aliphatic carbocycles. The van der Waals surface area contributed by atoms with Gasteiger partial charge in [-0.25, -0.2) is 17.9 Å². The van der Waals surface area contributed by atoms with Crippen molar-refractivity contribution in [1.29, 1.82) is 0 Å². The molecule has 0 aromatic carbocycles. The second-order valence-electron chi connectivity index (χ2n) is 4.40. The fourth-order valence-corrected chi connectivity index (χ4v) is 2.57. The van der Waals surface area contributed by atoms with Crippen LogP contribution in [0.15, 0.2) is 20.7 Å². The molecule has 0 bridgehead atoms. The van der Waals surface area contributed by atoms with Crippen molar-refractivity contribution in [2.24, 2.45) is 5.92 Å². The molecule has 0 atom stereocenters. The van der Waals surface area contributed by atoms with Gasteiger partial charge in [-0.1, -0.05) is 0 Å². The van der Waals surface area contributed by atoms with Crippen LogP contribution in [0.25, 0.3) is 0 Å². The summed E-state index contributed by atoms with van der Waals surface area (Å²) in [5.41, 5.74) is -1.78. The Labute approximate surface area is 113 Å². The Morgan fingerprint density at radius 3 is 2.60 bits per heavy atom. The molecule has 20 heavy (non-hydrogen) atoms. The third-order valence-corrected chi connectivity index (χ3v) is 4.21. The van der Waals surface area contributed by atoms with Crippen LogP contribution in [-0.4, -0.2) is 37.4 Å². The Kier molecular flexibility index (Phi) is 4.04. The first kappa shape index (κ1) is 14.5. The summed E-state index contributed by atoms with van der Waals surface area (Å²) in [7, 11) is -4.03. The summed E-state index contributed by atoms with van der Waals surface area (Å²) in [5.74, 6) is -0.0419. The molecule has 2 rings (SSSR count). The van der Waals surface area contributed by atoms with Gasteiger partial charge in [0.05, 0.1) is 0 Å². The predicted molar refractivity (Wildman–Crippen MR) is 68.6 cm³/mol. The first-order valence-corrected chi connectivity index (χ1v) is 7.48. The molecular formula is C10H14N4O5S. The number of amides is 1. The van der Waals surface area contributed by atoms with Gasteiger partial charge in [-0.05, 0) is 12.8 Å². The van der Waals surface area contributed by atoms with Crippen LogP contribution in [0.5, 0.6) is 0 Å². The van der Waals surface area contributed by atoms with Crippen molar-refractivity contribution < 1.29 is 13.2 Å². The molecule has 1 heterocycles. The Bertz CT molecular complexity index is 716. The molecule has 110 valence electrons. The van der Waals surface area contributed by atoms with Crippen LogP contribution in [0.1, 0.15) is 12.8 Å². The summed E-state index contributed by atoms with van der Waals surface area (Å²) < 4.78 is 25.7. The van der Waals surface area contributed by atoms with Crippen molar-refractivity contribution >= 4 is 15.9 Å². The minimum Gasteiger partial charge on any atom is -0.355 e. The molecule has 4 N–H and O–H groups in total. The van der Waals surface area contributed by atoms with Crippen LogP contribution in [0.2, 0.25) is 0 Å². The normalized spacial score (nSPS) is 15.0. The number of nitrogens with one attached hydrogen (secondary N) is 4. The summed E-state index contributed by atoms with van der Waals surface area (Å²) in [4.78, 5) is 36.8. The number of H-pyrrole nitrogens is 2. The average Bonchev–Trinajstić information content (AvgIpc) is 3.18. The van der Waals surface area contributed by atoms with Crippen LogP contribution in [-0.2, 0) is 14.8 Å². The standard InChI is InChI=1S/C10H14N4O5S/c15-8(6-1-2-6)11-3-4-13-20(18,19)7-5-12-10(17)14-9(7)16/h5-6,13H,1-4H2,(H,11,15)(H2,12,14,16,17). The molecule has 1 saturated carbocycles. The lowest BCUT2D eigenvalue weighted by Gasteiger charge is -2.06. The zero-order valence-corrected chi connectivity index (χ0v) is 11.2. The van der Waals surface area contributed by atoms with Crippen molar-refractivity contribution in [3.05, 3.63) is 27.0 Å². The van der Waals surface area contributed by atoms with E-state index in [-0.39, 0.29) is 24.9 Å². The van der Waals surface area contributed by atoms with Gasteiger partial charge in [0, 0.05) is 25.2 Å². The van der Waals surface area contributed by atoms with Gasteiger partial charge in [0.15, 0.2) is 4.90 Å². The summed E-state index contributed by atoms with van der Waals surface area (Å²) in [6, 6.07) is 0. The second-order valence-corrected chi connectivity index (χ2v) is 6.13. The Balaban J connectivity index is 1.91. The number of carbonyl (C=O) groups excluding carboxylic acids is 1. The first-order chi connectivity index (χ1) is 9.40. The van der Waals surface area contributed by atoms with Gasteiger partial charge < -0.3 is 10.3 Å². The molecule has 1 aromatic heterocycles. The van der Waals surface area contributed by atoms with E-state index in [4.69, 9.17) is 0 Å². The molecule has 10 heteroatoms. The number of sulfonamides is 1. The zero-order chi connectivity index (χ0) is 14.8. The van der Waals surface area contributed by atoms with Crippen molar-refractivity contribution in [3.8, 4) is 0 Å². The Morgan fingerprint density at radius 1 is 1.30 bits per heavy atom. The zero-order valence-electron chi connectivity index (χ0n) is 10.4. The second kappa shape index (κ2) is 5.59. The largest absolute Gasteiger partial charge is 0.355 e.